The summed E-state index contributed by atoms with van der Waals surface area (Å²) >= 11 is 6.67. The number of piperazine rings is 2. The fourth-order valence-electron chi connectivity index (χ4n) is 5.83. The number of hydrogen-bond acceptors (Lipinski definition) is 7. The van der Waals surface area contributed by atoms with Crippen LogP contribution in [-0.4, -0.2) is 102 Å². The molecule has 3 aliphatic rings. The van der Waals surface area contributed by atoms with E-state index in [0.29, 0.717) is 36.4 Å². The van der Waals surface area contributed by atoms with Crippen molar-refractivity contribution in [2.75, 3.05) is 58.3 Å². The maximum Gasteiger partial charge on any atom is 0.350 e. The van der Waals surface area contributed by atoms with Gasteiger partial charge in [0, 0.05) is 67.9 Å². The van der Waals surface area contributed by atoms with E-state index in [0.717, 1.165) is 25.2 Å². The van der Waals surface area contributed by atoms with E-state index in [4.69, 9.17) is 16.3 Å². The van der Waals surface area contributed by atoms with Gasteiger partial charge in [0.25, 0.3) is 0 Å². The largest absolute Gasteiger partial charge is 0.489 e. The third kappa shape index (κ3) is 5.88. The molecule has 0 radical (unpaired) electrons. The first-order valence-corrected chi connectivity index (χ1v) is 14.8. The van der Waals surface area contributed by atoms with Gasteiger partial charge >= 0.3 is 5.69 Å². The third-order valence-electron chi connectivity index (χ3n) is 8.28. The van der Waals surface area contributed by atoms with Gasteiger partial charge in [-0.2, -0.15) is 4.98 Å². The molecule has 10 nitrogen and oxygen atoms in total. The average molecular weight is 629 g/mol. The minimum atomic E-state index is -0.787. The second-order valence-corrected chi connectivity index (χ2v) is 11.8. The Kier molecular flexibility index (Phi) is 8.94. The Morgan fingerprint density at radius 1 is 1.09 bits per heavy atom. The van der Waals surface area contributed by atoms with Crippen LogP contribution >= 0.6 is 11.6 Å². The number of benzene rings is 2. The van der Waals surface area contributed by atoms with Crippen LogP contribution in [0.15, 0.2) is 41.7 Å². The van der Waals surface area contributed by atoms with Gasteiger partial charge in [-0.25, -0.2) is 13.6 Å². The van der Waals surface area contributed by atoms with E-state index in [1.54, 1.807) is 15.9 Å². The number of anilines is 1. The number of likely N-dealkylation sites (N-methyl/N-ethyl adjacent to an activating group) is 2. The first-order valence-electron chi connectivity index (χ1n) is 14.4. The molecule has 0 N–H and O–H groups in total. The molecule has 3 aromatic rings. The highest BCUT2D eigenvalue weighted by molar-refractivity contribution is 6.35. The molecule has 0 bridgehead atoms. The van der Waals surface area contributed by atoms with Crippen molar-refractivity contribution in [2.45, 2.75) is 32.5 Å². The summed E-state index contributed by atoms with van der Waals surface area (Å²) in [5.41, 5.74) is 0.323. The van der Waals surface area contributed by atoms with Gasteiger partial charge in [-0.15, -0.1) is 0 Å². The van der Waals surface area contributed by atoms with Gasteiger partial charge < -0.3 is 19.4 Å². The normalized spacial score (nSPS) is 20.2. The fourth-order valence-corrected chi connectivity index (χ4v) is 6.13. The molecule has 1 unspecified atom stereocenters. The number of carbonyl (C=O) groups excluding carboxylic acids is 2. The van der Waals surface area contributed by atoms with E-state index in [9.17, 15) is 23.2 Å². The molecule has 2 fully saturated rings. The molecule has 0 spiro atoms. The smallest absolute Gasteiger partial charge is 0.350 e. The molecule has 0 aliphatic carbocycles. The number of ether oxygens (including phenoxy) is 1. The first kappa shape index (κ1) is 31.4. The quantitative estimate of drug-likeness (QED) is 0.411. The summed E-state index contributed by atoms with van der Waals surface area (Å²) in [5, 5.41) is 0.771. The minimum Gasteiger partial charge on any atom is -0.489 e. The van der Waals surface area contributed by atoms with Gasteiger partial charge in [0.1, 0.15) is 24.1 Å². The fraction of sp³-hybridized carbons (Fsp3) is 0.419. The molecular weight excluding hydrogens is 594 g/mol. The van der Waals surface area contributed by atoms with Crippen molar-refractivity contribution >= 4 is 40.1 Å². The van der Waals surface area contributed by atoms with Crippen LogP contribution in [-0.2, 0) is 16.1 Å². The second-order valence-electron chi connectivity index (χ2n) is 11.4. The van der Waals surface area contributed by atoms with Crippen molar-refractivity contribution < 1.29 is 23.1 Å². The van der Waals surface area contributed by atoms with Crippen LogP contribution in [0, 0.1) is 11.6 Å². The Morgan fingerprint density at radius 3 is 2.50 bits per heavy atom. The monoisotopic (exact) mass is 628 g/mol. The van der Waals surface area contributed by atoms with E-state index < -0.39 is 17.3 Å². The summed E-state index contributed by atoms with van der Waals surface area (Å²) in [5.74, 6) is -0.749. The topological polar surface area (TPSA) is 91.2 Å². The SMILES string of the molecule is C=CC(=O)N1CC(C)N(c2nc(=O)n3c4c(c(-c5ccc(F)cc5F)c(Cl)cc24)OCC3)C[C@H]1C.CN1CCN(C)C(=O)C1. The van der Waals surface area contributed by atoms with E-state index >= 15 is 0 Å². The lowest BCUT2D eigenvalue weighted by Gasteiger charge is -2.44. The van der Waals surface area contributed by atoms with Gasteiger partial charge in [-0.05, 0) is 45.2 Å². The predicted octanol–water partition coefficient (Wildman–Crippen LogP) is 3.39. The Hall–Kier alpha value is -4.03. The highest BCUT2D eigenvalue weighted by Gasteiger charge is 2.35. The van der Waals surface area contributed by atoms with Crippen LogP contribution in [0.3, 0.4) is 0 Å². The molecular formula is C31H35ClF2N6O4. The first-order chi connectivity index (χ1) is 20.9. The van der Waals surface area contributed by atoms with Crippen LogP contribution in [0.2, 0.25) is 5.02 Å². The Bertz CT molecular complexity index is 1700. The molecule has 44 heavy (non-hydrogen) atoms. The summed E-state index contributed by atoms with van der Waals surface area (Å²) in [4.78, 5) is 48.2. The maximum atomic E-state index is 14.7. The van der Waals surface area contributed by atoms with E-state index in [-0.39, 0.29) is 58.9 Å². The molecule has 6 rings (SSSR count). The highest BCUT2D eigenvalue weighted by atomic mass is 35.5. The molecule has 2 amide bonds. The highest BCUT2D eigenvalue weighted by Crippen LogP contribution is 2.46. The number of hydrogen-bond donors (Lipinski definition) is 0. The summed E-state index contributed by atoms with van der Waals surface area (Å²) in [7, 11) is 3.81. The number of carbonyl (C=O) groups is 2. The van der Waals surface area contributed by atoms with Crippen molar-refractivity contribution in [2.24, 2.45) is 0 Å². The van der Waals surface area contributed by atoms with E-state index in [2.05, 4.69) is 11.6 Å². The van der Waals surface area contributed by atoms with Gasteiger partial charge in [0.2, 0.25) is 11.8 Å². The number of amides is 2. The molecule has 3 aliphatic heterocycles. The van der Waals surface area contributed by atoms with Gasteiger partial charge in [0.05, 0.1) is 23.6 Å². The van der Waals surface area contributed by atoms with Gasteiger partial charge in [-0.3, -0.25) is 19.1 Å². The van der Waals surface area contributed by atoms with Crippen molar-refractivity contribution in [3.8, 4) is 16.9 Å². The Balaban J connectivity index is 0.000000367. The summed E-state index contributed by atoms with van der Waals surface area (Å²) in [6.45, 7) is 11.2. The number of rotatable bonds is 3. The maximum absolute atomic E-state index is 14.7. The van der Waals surface area contributed by atoms with E-state index in [1.165, 1.54) is 16.7 Å². The molecule has 13 heteroatoms. The molecule has 2 saturated heterocycles. The van der Waals surface area contributed by atoms with Crippen LogP contribution in [0.5, 0.6) is 5.75 Å². The zero-order valence-corrected chi connectivity index (χ0v) is 25.9. The van der Waals surface area contributed by atoms with Crippen LogP contribution in [0.1, 0.15) is 13.8 Å². The Morgan fingerprint density at radius 2 is 1.84 bits per heavy atom. The van der Waals surface area contributed by atoms with Gasteiger partial charge in [0.15, 0.2) is 5.75 Å². The summed E-state index contributed by atoms with van der Waals surface area (Å²) < 4.78 is 35.7. The molecule has 234 valence electrons. The summed E-state index contributed by atoms with van der Waals surface area (Å²) in [6, 6.07) is 4.57. The number of aromatic nitrogens is 2. The van der Waals surface area contributed by atoms with Crippen LogP contribution in [0.25, 0.3) is 22.0 Å². The molecule has 2 atom stereocenters. The summed E-state index contributed by atoms with van der Waals surface area (Å²) in [6.07, 6.45) is 1.29. The lowest BCUT2D eigenvalue weighted by molar-refractivity contribution is -0.133. The van der Waals surface area contributed by atoms with Crippen molar-refractivity contribution in [1.29, 1.82) is 0 Å². The molecule has 4 heterocycles. The van der Waals surface area contributed by atoms with Crippen molar-refractivity contribution in [3.05, 3.63) is 64.1 Å². The number of halogens is 3. The number of nitrogens with zero attached hydrogens (tertiary/aromatic N) is 6. The van der Waals surface area contributed by atoms with Gasteiger partial charge in [-0.1, -0.05) is 18.2 Å². The predicted molar refractivity (Wildman–Crippen MR) is 165 cm³/mol. The van der Waals surface area contributed by atoms with Crippen LogP contribution < -0.4 is 15.3 Å². The zero-order valence-electron chi connectivity index (χ0n) is 25.1. The lowest BCUT2D eigenvalue weighted by atomic mass is 9.99. The minimum absolute atomic E-state index is 0.0751. The van der Waals surface area contributed by atoms with E-state index in [1.807, 2.05) is 37.7 Å². The molecule has 1 aromatic heterocycles. The molecule has 2 aromatic carbocycles. The lowest BCUT2D eigenvalue weighted by Crippen LogP contribution is -2.58. The molecule has 0 saturated carbocycles. The second kappa shape index (κ2) is 12.5. The average Bonchev–Trinajstić information content (AvgIpc) is 2.98. The third-order valence-corrected chi connectivity index (χ3v) is 8.57. The van der Waals surface area contributed by atoms with Crippen molar-refractivity contribution in [1.82, 2.24) is 24.3 Å². The van der Waals surface area contributed by atoms with Crippen molar-refractivity contribution in [3.63, 3.8) is 0 Å². The Labute approximate surface area is 259 Å². The van der Waals surface area contributed by atoms with Crippen LogP contribution in [0.4, 0.5) is 14.6 Å². The zero-order chi connectivity index (χ0) is 31.9. The standard InChI is InChI=1S/C25H23ClF2N4O3.C6H12N2O/c1-4-20(33)31-11-14(3)32(12-13(31)2)24-17-10-18(26)21(16-6-5-15(27)9-19(16)28)23-22(17)30(7-8-35-23)25(34)29-24;1-7-3-4-8(2)6(9)5-7/h4-6,9-10,13-14H,1,7-8,11-12H2,2-3H3;3-5H2,1-2H3/t13-,14?;/m1./s1.